The Morgan fingerprint density at radius 2 is 1.92 bits per heavy atom. The summed E-state index contributed by atoms with van der Waals surface area (Å²) in [6.45, 7) is 1.80. The van der Waals surface area contributed by atoms with Crippen molar-refractivity contribution < 1.29 is 17.9 Å². The van der Waals surface area contributed by atoms with Crippen molar-refractivity contribution in [3.05, 3.63) is 59.7 Å². The Morgan fingerprint density at radius 1 is 1.19 bits per heavy atom. The minimum absolute atomic E-state index is 0.0435. The quantitative estimate of drug-likeness (QED) is 0.872. The molecule has 7 heteroatoms. The first kappa shape index (κ1) is 18.4. The van der Waals surface area contributed by atoms with Crippen LogP contribution in [0.5, 0.6) is 5.75 Å². The maximum Gasteiger partial charge on any atom is 0.243 e. The van der Waals surface area contributed by atoms with Crippen LogP contribution in [0.15, 0.2) is 48.5 Å². The Hall–Kier alpha value is -2.38. The van der Waals surface area contributed by atoms with Gasteiger partial charge in [0.2, 0.25) is 15.9 Å². The summed E-state index contributed by atoms with van der Waals surface area (Å²) in [5, 5.41) is 2.82. The number of hydrogen-bond acceptors (Lipinski definition) is 4. The lowest BCUT2D eigenvalue weighted by Gasteiger charge is -2.34. The van der Waals surface area contributed by atoms with Gasteiger partial charge in [0.15, 0.2) is 0 Å². The first-order valence-electron chi connectivity index (χ1n) is 8.46. The molecule has 1 amide bonds. The lowest BCUT2D eigenvalue weighted by atomic mass is 9.95. The molecule has 1 atom stereocenters. The molecule has 0 saturated carbocycles. The van der Waals surface area contributed by atoms with Crippen LogP contribution in [0, 0.1) is 0 Å². The molecule has 26 heavy (non-hydrogen) atoms. The van der Waals surface area contributed by atoms with Gasteiger partial charge in [-0.1, -0.05) is 30.3 Å². The van der Waals surface area contributed by atoms with Crippen LogP contribution < -0.4 is 10.1 Å². The van der Waals surface area contributed by atoms with Gasteiger partial charge < -0.3 is 10.1 Å². The number of benzene rings is 2. The predicted octanol–water partition coefficient (Wildman–Crippen LogP) is 2.41. The summed E-state index contributed by atoms with van der Waals surface area (Å²) in [6.07, 6.45) is 0.352. The van der Waals surface area contributed by atoms with Crippen LogP contribution in [0.2, 0.25) is 0 Å². The number of carbonyl (C=O) groups excluding carboxylic acids is 1. The van der Waals surface area contributed by atoms with Crippen LogP contribution in [0.3, 0.4) is 0 Å². The lowest BCUT2D eigenvalue weighted by molar-refractivity contribution is -0.120. The largest absolute Gasteiger partial charge is 0.497 e. The van der Waals surface area contributed by atoms with Crippen molar-refractivity contribution in [2.45, 2.75) is 25.9 Å². The Bertz CT molecular complexity index is 911. The van der Waals surface area contributed by atoms with Crippen LogP contribution in [-0.2, 0) is 27.8 Å². The molecule has 0 radical (unpaired) electrons. The van der Waals surface area contributed by atoms with Crippen LogP contribution in [-0.4, -0.2) is 37.5 Å². The van der Waals surface area contributed by atoms with Gasteiger partial charge in [-0.05, 0) is 36.6 Å². The van der Waals surface area contributed by atoms with Crippen LogP contribution in [0.1, 0.15) is 18.1 Å². The number of nitrogens with zero attached hydrogens (tertiary/aromatic N) is 1. The zero-order valence-corrected chi connectivity index (χ0v) is 15.6. The third kappa shape index (κ3) is 3.73. The van der Waals surface area contributed by atoms with E-state index in [9.17, 15) is 13.2 Å². The number of carbonyl (C=O) groups is 1. The van der Waals surface area contributed by atoms with Gasteiger partial charge in [-0.25, -0.2) is 8.42 Å². The van der Waals surface area contributed by atoms with Crippen LogP contribution in [0.25, 0.3) is 0 Å². The highest BCUT2D eigenvalue weighted by molar-refractivity contribution is 7.89. The summed E-state index contributed by atoms with van der Waals surface area (Å²) in [5.41, 5.74) is 2.51. The van der Waals surface area contributed by atoms with E-state index in [-0.39, 0.29) is 18.2 Å². The summed E-state index contributed by atoms with van der Waals surface area (Å²) >= 11 is 0. The number of methoxy groups -OCH3 is 1. The number of fused-ring (bicyclic) bond motifs is 1. The second kappa shape index (κ2) is 7.47. The van der Waals surface area contributed by atoms with E-state index < -0.39 is 16.1 Å². The molecule has 3 rings (SSSR count). The van der Waals surface area contributed by atoms with Crippen molar-refractivity contribution in [1.82, 2.24) is 4.31 Å². The Labute approximate surface area is 153 Å². The Balaban J connectivity index is 1.90. The zero-order valence-electron chi connectivity index (χ0n) is 14.8. The highest BCUT2D eigenvalue weighted by Crippen LogP contribution is 2.27. The fraction of sp³-hybridized carbons (Fsp3) is 0.316. The summed E-state index contributed by atoms with van der Waals surface area (Å²) in [4.78, 5) is 12.9. The topological polar surface area (TPSA) is 75.7 Å². The van der Waals surface area contributed by atoms with Gasteiger partial charge in [-0.2, -0.15) is 4.31 Å². The molecule has 0 spiro atoms. The van der Waals surface area contributed by atoms with E-state index >= 15 is 0 Å². The second-order valence-corrected chi connectivity index (χ2v) is 8.37. The maximum atomic E-state index is 12.9. The smallest absolute Gasteiger partial charge is 0.243 e. The van der Waals surface area contributed by atoms with Crippen molar-refractivity contribution in [2.24, 2.45) is 0 Å². The molecule has 0 aromatic heterocycles. The molecule has 0 saturated heterocycles. The molecule has 2 aromatic rings. The SMILES string of the molecule is CCS(=O)(=O)N1Cc2ccccc2C[C@H]1C(=O)Nc1cccc(OC)c1. The molecule has 1 heterocycles. The van der Waals surface area contributed by atoms with Crippen molar-refractivity contribution in [1.29, 1.82) is 0 Å². The number of nitrogens with one attached hydrogen (secondary N) is 1. The highest BCUT2D eigenvalue weighted by atomic mass is 32.2. The summed E-state index contributed by atoms with van der Waals surface area (Å²) in [7, 11) is -1.97. The number of hydrogen-bond donors (Lipinski definition) is 1. The normalized spacial score (nSPS) is 17.4. The summed E-state index contributed by atoms with van der Waals surface area (Å²) < 4.78 is 31.6. The number of anilines is 1. The molecule has 2 aromatic carbocycles. The molecule has 1 N–H and O–H groups in total. The number of ether oxygens (including phenoxy) is 1. The first-order chi connectivity index (χ1) is 12.4. The van der Waals surface area contributed by atoms with Gasteiger partial charge in [-0.15, -0.1) is 0 Å². The summed E-state index contributed by atoms with van der Waals surface area (Å²) in [5.74, 6) is 0.234. The molecule has 0 aliphatic carbocycles. The van der Waals surface area contributed by atoms with E-state index in [4.69, 9.17) is 4.74 Å². The number of rotatable bonds is 5. The third-order valence-corrected chi connectivity index (χ3v) is 6.40. The molecule has 0 bridgehead atoms. The molecular weight excluding hydrogens is 352 g/mol. The van der Waals surface area contributed by atoms with Gasteiger partial charge in [0.05, 0.1) is 12.9 Å². The predicted molar refractivity (Wildman–Crippen MR) is 101 cm³/mol. The van der Waals surface area contributed by atoms with Crippen molar-refractivity contribution in [2.75, 3.05) is 18.2 Å². The summed E-state index contributed by atoms with van der Waals surface area (Å²) in [6, 6.07) is 13.8. The van der Waals surface area contributed by atoms with E-state index in [2.05, 4.69) is 5.32 Å². The minimum atomic E-state index is -3.52. The first-order valence-corrected chi connectivity index (χ1v) is 10.1. The molecular formula is C19H22N2O4S. The van der Waals surface area contributed by atoms with Gasteiger partial charge in [0.25, 0.3) is 0 Å². The maximum absolute atomic E-state index is 12.9. The van der Waals surface area contributed by atoms with E-state index in [1.54, 1.807) is 38.3 Å². The lowest BCUT2D eigenvalue weighted by Crippen LogP contribution is -2.51. The molecule has 138 valence electrons. The minimum Gasteiger partial charge on any atom is -0.497 e. The Morgan fingerprint density at radius 3 is 2.62 bits per heavy atom. The second-order valence-electron chi connectivity index (χ2n) is 6.16. The van der Waals surface area contributed by atoms with Gasteiger partial charge >= 0.3 is 0 Å². The van der Waals surface area contributed by atoms with Crippen LogP contribution >= 0.6 is 0 Å². The standard InChI is InChI=1S/C19H22N2O4S/c1-3-26(23,24)21-13-15-8-5-4-7-14(15)11-18(21)19(22)20-16-9-6-10-17(12-16)25-2/h4-10,12,18H,3,11,13H2,1-2H3,(H,20,22)/t18-/m0/s1. The van der Waals surface area contributed by atoms with Crippen molar-refractivity contribution >= 4 is 21.6 Å². The fourth-order valence-electron chi connectivity index (χ4n) is 3.11. The van der Waals surface area contributed by atoms with E-state index in [1.807, 2.05) is 24.3 Å². The zero-order chi connectivity index (χ0) is 18.7. The third-order valence-electron chi connectivity index (χ3n) is 4.57. The van der Waals surface area contributed by atoms with Crippen molar-refractivity contribution in [3.8, 4) is 5.75 Å². The van der Waals surface area contributed by atoms with E-state index in [1.165, 1.54) is 4.31 Å². The van der Waals surface area contributed by atoms with Gasteiger partial charge in [-0.3, -0.25) is 4.79 Å². The van der Waals surface area contributed by atoms with E-state index in [0.29, 0.717) is 17.9 Å². The number of amides is 1. The highest BCUT2D eigenvalue weighted by Gasteiger charge is 2.37. The molecule has 0 fully saturated rings. The monoisotopic (exact) mass is 374 g/mol. The van der Waals surface area contributed by atoms with E-state index in [0.717, 1.165) is 11.1 Å². The average molecular weight is 374 g/mol. The van der Waals surface area contributed by atoms with Gasteiger partial charge in [0.1, 0.15) is 11.8 Å². The molecule has 1 aliphatic heterocycles. The fourth-order valence-corrected chi connectivity index (χ4v) is 4.33. The number of sulfonamides is 1. The average Bonchev–Trinajstić information content (AvgIpc) is 2.67. The molecule has 1 aliphatic rings. The van der Waals surface area contributed by atoms with Crippen LogP contribution in [0.4, 0.5) is 5.69 Å². The van der Waals surface area contributed by atoms with Gasteiger partial charge in [0, 0.05) is 18.3 Å². The Kier molecular flexibility index (Phi) is 5.29. The molecule has 0 unspecified atom stereocenters. The van der Waals surface area contributed by atoms with Crippen molar-refractivity contribution in [3.63, 3.8) is 0 Å². The molecule has 6 nitrogen and oxygen atoms in total.